The summed E-state index contributed by atoms with van der Waals surface area (Å²) >= 11 is 12.4. The average Bonchev–Trinajstić information content (AvgIpc) is 2.98. The van der Waals surface area contributed by atoms with E-state index in [0.29, 0.717) is 16.1 Å². The second kappa shape index (κ2) is 12.4. The minimum atomic E-state index is 0.661. The van der Waals surface area contributed by atoms with Gasteiger partial charge in [-0.15, -0.1) is 0 Å². The normalized spacial score (nSPS) is 14.7. The second-order valence-corrected chi connectivity index (χ2v) is 11.3. The van der Waals surface area contributed by atoms with Crippen LogP contribution in [-0.2, 0) is 0 Å². The first-order chi connectivity index (χ1) is 19.6. The van der Waals surface area contributed by atoms with Gasteiger partial charge in [0.2, 0.25) is 0 Å². The zero-order chi connectivity index (χ0) is 27.3. The molecule has 0 unspecified atom stereocenters. The van der Waals surface area contributed by atoms with Crippen LogP contribution in [0.4, 0.5) is 11.4 Å². The molecule has 1 heterocycles. The molecule has 7 heteroatoms. The third-order valence-electron chi connectivity index (χ3n) is 7.56. The van der Waals surface area contributed by atoms with Crippen molar-refractivity contribution >= 4 is 45.6 Å². The van der Waals surface area contributed by atoms with E-state index >= 15 is 0 Å². The monoisotopic (exact) mass is 569 g/mol. The number of hydrogen-bond donors (Lipinski definition) is 2. The fraction of sp³-hybridized carbons (Fsp3) is 0.273. The summed E-state index contributed by atoms with van der Waals surface area (Å²) < 4.78 is 2.24. The summed E-state index contributed by atoms with van der Waals surface area (Å²) in [5.41, 5.74) is 6.70. The molecule has 3 aromatic rings. The van der Waals surface area contributed by atoms with Crippen molar-refractivity contribution in [2.75, 3.05) is 18.4 Å². The van der Waals surface area contributed by atoms with Crippen LogP contribution in [0.2, 0.25) is 10.0 Å². The summed E-state index contributed by atoms with van der Waals surface area (Å²) in [6.07, 6.45) is 7.64. The molecular formula is C33H33Cl2N5. The van der Waals surface area contributed by atoms with Gasteiger partial charge in [0.25, 0.3) is 0 Å². The topological polar surface area (TPSA) is 54.2 Å². The molecule has 3 aliphatic rings. The number of nitrogens with one attached hydrogen (secondary N) is 2. The van der Waals surface area contributed by atoms with Crippen molar-refractivity contribution in [3.63, 3.8) is 0 Å². The van der Waals surface area contributed by atoms with Crippen molar-refractivity contribution in [3.8, 4) is 17.1 Å². The summed E-state index contributed by atoms with van der Waals surface area (Å²) in [4.78, 5) is 10.1. The molecule has 0 radical (unpaired) electrons. The number of halogens is 2. The van der Waals surface area contributed by atoms with Gasteiger partial charge in [0, 0.05) is 34.0 Å². The van der Waals surface area contributed by atoms with Gasteiger partial charge in [-0.05, 0) is 98.6 Å². The maximum absolute atomic E-state index is 6.24. The lowest BCUT2D eigenvalue weighted by Gasteiger charge is -2.22. The molecule has 5 nitrogen and oxygen atoms in total. The Labute approximate surface area is 245 Å². The van der Waals surface area contributed by atoms with E-state index in [-0.39, 0.29) is 0 Å². The molecule has 0 saturated heterocycles. The van der Waals surface area contributed by atoms with Crippen molar-refractivity contribution in [3.05, 3.63) is 100 Å². The highest BCUT2D eigenvalue weighted by atomic mass is 35.5. The molecular weight excluding hydrogens is 537 g/mol. The van der Waals surface area contributed by atoms with E-state index in [0.717, 1.165) is 64.4 Å². The number of anilines is 2. The summed E-state index contributed by atoms with van der Waals surface area (Å²) in [6, 6.07) is 28.8. The molecule has 204 valence electrons. The van der Waals surface area contributed by atoms with Crippen molar-refractivity contribution in [1.82, 2.24) is 14.9 Å². The SMILES string of the molecule is Clc1ccc(Nc2cc3nc4ccccc4n(-c4ccc(Cl)cc4)c-3cc2=NCCCNC2CCCCC2)cc1. The van der Waals surface area contributed by atoms with Gasteiger partial charge in [-0.2, -0.15) is 0 Å². The Balaban J connectivity index is 1.41. The molecule has 0 spiro atoms. The van der Waals surface area contributed by atoms with E-state index < -0.39 is 0 Å². The fourth-order valence-corrected chi connectivity index (χ4v) is 5.77. The molecule has 0 bridgehead atoms. The van der Waals surface area contributed by atoms with Gasteiger partial charge < -0.3 is 15.2 Å². The number of para-hydroxylation sites is 2. The summed E-state index contributed by atoms with van der Waals surface area (Å²) in [5.74, 6) is 0. The van der Waals surface area contributed by atoms with Gasteiger partial charge in [-0.3, -0.25) is 4.99 Å². The molecule has 1 aliphatic heterocycles. The summed E-state index contributed by atoms with van der Waals surface area (Å²) in [7, 11) is 0. The Kier molecular flexibility index (Phi) is 8.33. The van der Waals surface area contributed by atoms with Crippen molar-refractivity contribution in [2.45, 2.75) is 44.6 Å². The van der Waals surface area contributed by atoms with E-state index in [1.807, 2.05) is 66.7 Å². The Hall–Kier alpha value is -3.38. The third-order valence-corrected chi connectivity index (χ3v) is 8.06. The Morgan fingerprint density at radius 2 is 1.57 bits per heavy atom. The average molecular weight is 571 g/mol. The molecule has 1 fully saturated rings. The number of fused-ring (bicyclic) bond motifs is 2. The van der Waals surface area contributed by atoms with E-state index in [1.54, 1.807) is 0 Å². The standard InChI is InChI=1S/C33H33Cl2N5/c34-23-11-15-26(16-12-23)38-30-21-31-33(22-29(30)37-20-6-19-36-25-7-2-1-3-8-25)40(27-17-13-24(35)14-18-27)32-10-5-4-9-28(32)39-31/h4-5,9-18,21-22,25,36,38H,1-3,6-8,19-20H2. The first kappa shape index (κ1) is 26.8. The minimum Gasteiger partial charge on any atom is -0.354 e. The highest BCUT2D eigenvalue weighted by molar-refractivity contribution is 6.30. The van der Waals surface area contributed by atoms with Crippen LogP contribution in [0, 0.1) is 0 Å². The van der Waals surface area contributed by atoms with Gasteiger partial charge in [0.15, 0.2) is 0 Å². The molecule has 0 amide bonds. The van der Waals surface area contributed by atoms with Gasteiger partial charge in [-0.1, -0.05) is 54.6 Å². The highest BCUT2D eigenvalue weighted by Crippen LogP contribution is 2.31. The van der Waals surface area contributed by atoms with Crippen LogP contribution >= 0.6 is 23.2 Å². The third kappa shape index (κ3) is 6.17. The molecule has 1 saturated carbocycles. The Morgan fingerprint density at radius 3 is 2.35 bits per heavy atom. The van der Waals surface area contributed by atoms with Gasteiger partial charge in [0.05, 0.1) is 33.5 Å². The molecule has 0 atom stereocenters. The van der Waals surface area contributed by atoms with Crippen LogP contribution in [0.1, 0.15) is 38.5 Å². The summed E-state index contributed by atoms with van der Waals surface area (Å²) in [6.45, 7) is 1.72. The van der Waals surface area contributed by atoms with Crippen molar-refractivity contribution in [1.29, 1.82) is 0 Å². The predicted molar refractivity (Wildman–Crippen MR) is 167 cm³/mol. The van der Waals surface area contributed by atoms with Crippen LogP contribution < -0.4 is 16.0 Å². The zero-order valence-corrected chi connectivity index (χ0v) is 23.9. The van der Waals surface area contributed by atoms with Gasteiger partial charge in [0.1, 0.15) is 0 Å². The number of benzene rings is 4. The number of hydrogen-bond acceptors (Lipinski definition) is 4. The minimum absolute atomic E-state index is 0.661. The number of rotatable bonds is 8. The lowest BCUT2D eigenvalue weighted by molar-refractivity contribution is 0.373. The lowest BCUT2D eigenvalue weighted by Crippen LogP contribution is -2.32. The quantitative estimate of drug-likeness (QED) is 0.146. The molecule has 40 heavy (non-hydrogen) atoms. The second-order valence-electron chi connectivity index (χ2n) is 10.4. The molecule has 6 rings (SSSR count). The van der Waals surface area contributed by atoms with Gasteiger partial charge >= 0.3 is 0 Å². The smallest absolute Gasteiger partial charge is 0.0900 e. The first-order valence-corrected chi connectivity index (χ1v) is 14.9. The first-order valence-electron chi connectivity index (χ1n) is 14.1. The van der Waals surface area contributed by atoms with E-state index in [2.05, 4.69) is 33.4 Å². The van der Waals surface area contributed by atoms with Crippen molar-refractivity contribution < 1.29 is 0 Å². The Morgan fingerprint density at radius 1 is 0.850 bits per heavy atom. The van der Waals surface area contributed by atoms with Crippen molar-refractivity contribution in [2.24, 2.45) is 4.99 Å². The van der Waals surface area contributed by atoms with E-state index in [4.69, 9.17) is 33.2 Å². The summed E-state index contributed by atoms with van der Waals surface area (Å²) in [5, 5.41) is 9.62. The highest BCUT2D eigenvalue weighted by Gasteiger charge is 2.17. The van der Waals surface area contributed by atoms with Gasteiger partial charge in [-0.25, -0.2) is 4.98 Å². The van der Waals surface area contributed by atoms with Crippen LogP contribution in [0.5, 0.6) is 0 Å². The predicted octanol–water partition coefficient (Wildman–Crippen LogP) is 8.39. The molecule has 3 aromatic carbocycles. The molecule has 2 N–H and O–H groups in total. The fourth-order valence-electron chi connectivity index (χ4n) is 5.52. The Bertz CT molecular complexity index is 1620. The van der Waals surface area contributed by atoms with E-state index in [9.17, 15) is 0 Å². The van der Waals surface area contributed by atoms with Crippen LogP contribution in [0.25, 0.3) is 28.1 Å². The number of aromatic nitrogens is 2. The van der Waals surface area contributed by atoms with Crippen LogP contribution in [-0.4, -0.2) is 28.7 Å². The molecule has 0 aromatic heterocycles. The van der Waals surface area contributed by atoms with Crippen LogP contribution in [0.3, 0.4) is 0 Å². The zero-order valence-electron chi connectivity index (χ0n) is 22.4. The lowest BCUT2D eigenvalue weighted by atomic mass is 9.95. The largest absolute Gasteiger partial charge is 0.354 e. The van der Waals surface area contributed by atoms with E-state index in [1.165, 1.54) is 32.1 Å². The number of nitrogens with zero attached hydrogens (tertiary/aromatic N) is 3. The molecule has 2 aliphatic carbocycles. The van der Waals surface area contributed by atoms with Crippen LogP contribution in [0.15, 0.2) is 89.9 Å². The maximum atomic E-state index is 6.24. The maximum Gasteiger partial charge on any atom is 0.0900 e.